The number of rotatable bonds is 6. The number of methoxy groups -OCH3 is 1. The Morgan fingerprint density at radius 3 is 2.75 bits per heavy atom. The summed E-state index contributed by atoms with van der Waals surface area (Å²) < 4.78 is 5.07. The van der Waals surface area contributed by atoms with Crippen LogP contribution in [0.3, 0.4) is 0 Å². The van der Waals surface area contributed by atoms with Gasteiger partial charge >= 0.3 is 0 Å². The standard InChI is InChI=1S/C12H20N2O2/c1-4-14(5-6-16-3)12-10(2)7-11(9-15)8-13-12/h7-8,15H,4-6,9H2,1-3H3. The van der Waals surface area contributed by atoms with Gasteiger partial charge in [0.05, 0.1) is 13.2 Å². The summed E-state index contributed by atoms with van der Waals surface area (Å²) in [6.07, 6.45) is 1.72. The van der Waals surface area contributed by atoms with E-state index in [0.717, 1.165) is 30.0 Å². The van der Waals surface area contributed by atoms with Gasteiger partial charge in [0.25, 0.3) is 0 Å². The van der Waals surface area contributed by atoms with Gasteiger partial charge in [0.1, 0.15) is 5.82 Å². The highest BCUT2D eigenvalue weighted by atomic mass is 16.5. The lowest BCUT2D eigenvalue weighted by Crippen LogP contribution is -2.28. The fourth-order valence-electron chi connectivity index (χ4n) is 1.66. The van der Waals surface area contributed by atoms with Crippen molar-refractivity contribution < 1.29 is 9.84 Å². The molecular weight excluding hydrogens is 204 g/mol. The number of aryl methyl sites for hydroxylation is 1. The summed E-state index contributed by atoms with van der Waals surface area (Å²) in [5.41, 5.74) is 1.94. The number of ether oxygens (including phenoxy) is 1. The summed E-state index contributed by atoms with van der Waals surface area (Å²) >= 11 is 0. The zero-order chi connectivity index (χ0) is 12.0. The minimum absolute atomic E-state index is 0.0400. The third-order valence-corrected chi connectivity index (χ3v) is 2.54. The van der Waals surface area contributed by atoms with Crippen molar-refractivity contribution in [3.63, 3.8) is 0 Å². The maximum atomic E-state index is 9.02. The molecule has 0 aliphatic rings. The van der Waals surface area contributed by atoms with E-state index in [4.69, 9.17) is 9.84 Å². The molecule has 0 aliphatic carbocycles. The first kappa shape index (κ1) is 12.9. The Balaban J connectivity index is 2.83. The van der Waals surface area contributed by atoms with Crippen molar-refractivity contribution in [2.24, 2.45) is 0 Å². The van der Waals surface area contributed by atoms with Gasteiger partial charge in [0, 0.05) is 26.4 Å². The van der Waals surface area contributed by atoms with E-state index in [1.165, 1.54) is 0 Å². The molecule has 1 heterocycles. The van der Waals surface area contributed by atoms with Crippen molar-refractivity contribution in [1.29, 1.82) is 0 Å². The molecule has 0 aliphatic heterocycles. The highest BCUT2D eigenvalue weighted by molar-refractivity contribution is 5.47. The van der Waals surface area contributed by atoms with Crippen molar-refractivity contribution in [1.82, 2.24) is 4.98 Å². The fourth-order valence-corrected chi connectivity index (χ4v) is 1.66. The molecule has 16 heavy (non-hydrogen) atoms. The Hall–Kier alpha value is -1.13. The summed E-state index contributed by atoms with van der Waals surface area (Å²) in [6.45, 7) is 6.57. The number of hydrogen-bond donors (Lipinski definition) is 1. The van der Waals surface area contributed by atoms with E-state index in [9.17, 15) is 0 Å². The van der Waals surface area contributed by atoms with Gasteiger partial charge in [-0.25, -0.2) is 4.98 Å². The van der Waals surface area contributed by atoms with Crippen molar-refractivity contribution in [3.05, 3.63) is 23.4 Å². The smallest absolute Gasteiger partial charge is 0.131 e. The van der Waals surface area contributed by atoms with Gasteiger partial charge in [-0.1, -0.05) is 0 Å². The summed E-state index contributed by atoms with van der Waals surface area (Å²) in [5.74, 6) is 0.969. The lowest BCUT2D eigenvalue weighted by molar-refractivity contribution is 0.205. The van der Waals surface area contributed by atoms with Crippen LogP contribution in [0.1, 0.15) is 18.1 Å². The molecule has 0 amide bonds. The SMILES string of the molecule is CCN(CCOC)c1ncc(CO)cc1C. The Morgan fingerprint density at radius 1 is 1.50 bits per heavy atom. The molecule has 90 valence electrons. The van der Waals surface area contributed by atoms with Crippen LogP contribution in [0.15, 0.2) is 12.3 Å². The average Bonchev–Trinajstić information content (AvgIpc) is 2.31. The van der Waals surface area contributed by atoms with E-state index in [1.807, 2.05) is 13.0 Å². The maximum absolute atomic E-state index is 9.02. The molecule has 0 atom stereocenters. The van der Waals surface area contributed by atoms with E-state index in [-0.39, 0.29) is 6.61 Å². The Labute approximate surface area is 96.9 Å². The van der Waals surface area contributed by atoms with Gasteiger partial charge in [-0.3, -0.25) is 0 Å². The predicted molar refractivity (Wildman–Crippen MR) is 64.7 cm³/mol. The number of anilines is 1. The molecular formula is C12H20N2O2. The number of aliphatic hydroxyl groups excluding tert-OH is 1. The molecule has 4 nitrogen and oxygen atoms in total. The normalized spacial score (nSPS) is 10.5. The largest absolute Gasteiger partial charge is 0.392 e. The van der Waals surface area contributed by atoms with Crippen LogP contribution in [0, 0.1) is 6.92 Å². The second-order valence-electron chi connectivity index (χ2n) is 3.71. The molecule has 1 aromatic heterocycles. The van der Waals surface area contributed by atoms with Gasteiger partial charge in [-0.2, -0.15) is 0 Å². The quantitative estimate of drug-likeness (QED) is 0.792. The van der Waals surface area contributed by atoms with E-state index >= 15 is 0 Å². The van der Waals surface area contributed by atoms with E-state index in [2.05, 4.69) is 16.8 Å². The highest BCUT2D eigenvalue weighted by Crippen LogP contribution is 2.17. The molecule has 0 fully saturated rings. The molecule has 0 radical (unpaired) electrons. The van der Waals surface area contributed by atoms with Gasteiger partial charge in [-0.15, -0.1) is 0 Å². The highest BCUT2D eigenvalue weighted by Gasteiger charge is 2.09. The number of aliphatic hydroxyl groups is 1. The second-order valence-corrected chi connectivity index (χ2v) is 3.71. The molecule has 0 aromatic carbocycles. The summed E-state index contributed by atoms with van der Waals surface area (Å²) in [4.78, 5) is 6.55. The predicted octanol–water partition coefficient (Wildman–Crippen LogP) is 1.36. The van der Waals surface area contributed by atoms with Crippen LogP contribution in [0.4, 0.5) is 5.82 Å². The van der Waals surface area contributed by atoms with E-state index < -0.39 is 0 Å². The Kier molecular flexibility index (Phi) is 5.22. The van der Waals surface area contributed by atoms with Crippen LogP contribution >= 0.6 is 0 Å². The van der Waals surface area contributed by atoms with Crippen LogP contribution < -0.4 is 4.90 Å². The first-order valence-electron chi connectivity index (χ1n) is 5.53. The van der Waals surface area contributed by atoms with E-state index in [1.54, 1.807) is 13.3 Å². The summed E-state index contributed by atoms with van der Waals surface area (Å²) in [5, 5.41) is 9.02. The van der Waals surface area contributed by atoms with Crippen LogP contribution in [0.2, 0.25) is 0 Å². The Bertz CT molecular complexity index is 329. The van der Waals surface area contributed by atoms with Gasteiger partial charge in [-0.05, 0) is 31.0 Å². The lowest BCUT2D eigenvalue weighted by atomic mass is 10.2. The zero-order valence-corrected chi connectivity index (χ0v) is 10.2. The van der Waals surface area contributed by atoms with Crippen molar-refractivity contribution in [3.8, 4) is 0 Å². The van der Waals surface area contributed by atoms with E-state index in [0.29, 0.717) is 6.61 Å². The fraction of sp³-hybridized carbons (Fsp3) is 0.583. The molecule has 0 bridgehead atoms. The van der Waals surface area contributed by atoms with Crippen LogP contribution in [0.25, 0.3) is 0 Å². The topological polar surface area (TPSA) is 45.6 Å². The molecule has 1 aromatic rings. The maximum Gasteiger partial charge on any atom is 0.131 e. The van der Waals surface area contributed by atoms with Crippen LogP contribution in [0.5, 0.6) is 0 Å². The van der Waals surface area contributed by atoms with Crippen LogP contribution in [-0.2, 0) is 11.3 Å². The third kappa shape index (κ3) is 3.18. The van der Waals surface area contributed by atoms with Crippen molar-refractivity contribution in [2.45, 2.75) is 20.5 Å². The number of aromatic nitrogens is 1. The summed E-state index contributed by atoms with van der Waals surface area (Å²) in [7, 11) is 1.70. The number of hydrogen-bond acceptors (Lipinski definition) is 4. The molecule has 1 N–H and O–H groups in total. The third-order valence-electron chi connectivity index (χ3n) is 2.54. The Morgan fingerprint density at radius 2 is 2.25 bits per heavy atom. The minimum atomic E-state index is 0.0400. The van der Waals surface area contributed by atoms with Gasteiger partial charge in [0.2, 0.25) is 0 Å². The molecule has 1 rings (SSSR count). The monoisotopic (exact) mass is 224 g/mol. The first-order chi connectivity index (χ1) is 7.72. The van der Waals surface area contributed by atoms with Crippen LogP contribution in [-0.4, -0.2) is 36.9 Å². The molecule has 4 heteroatoms. The van der Waals surface area contributed by atoms with Gasteiger partial charge < -0.3 is 14.7 Å². The number of pyridine rings is 1. The second kappa shape index (κ2) is 6.45. The number of nitrogens with zero attached hydrogens (tertiary/aromatic N) is 2. The van der Waals surface area contributed by atoms with Crippen molar-refractivity contribution in [2.75, 3.05) is 31.7 Å². The summed E-state index contributed by atoms with van der Waals surface area (Å²) in [6, 6.07) is 1.97. The average molecular weight is 224 g/mol. The molecule has 0 saturated heterocycles. The minimum Gasteiger partial charge on any atom is -0.392 e. The molecule has 0 unspecified atom stereocenters. The molecule has 0 spiro atoms. The lowest BCUT2D eigenvalue weighted by Gasteiger charge is -2.23. The zero-order valence-electron chi connectivity index (χ0n) is 10.2. The first-order valence-corrected chi connectivity index (χ1v) is 5.53. The van der Waals surface area contributed by atoms with Crippen molar-refractivity contribution >= 4 is 5.82 Å². The number of likely N-dealkylation sites (N-methyl/N-ethyl adjacent to an activating group) is 1. The van der Waals surface area contributed by atoms with Gasteiger partial charge in [0.15, 0.2) is 0 Å². The molecule has 0 saturated carbocycles.